The van der Waals surface area contributed by atoms with Crippen LogP contribution in [0.3, 0.4) is 0 Å². The number of hydrogen-bond donors (Lipinski definition) is 1. The van der Waals surface area contributed by atoms with Crippen LogP contribution >= 0.6 is 23.4 Å². The van der Waals surface area contributed by atoms with Gasteiger partial charge in [0.1, 0.15) is 0 Å². The fourth-order valence-corrected chi connectivity index (χ4v) is 4.29. The quantitative estimate of drug-likeness (QED) is 0.407. The van der Waals surface area contributed by atoms with Gasteiger partial charge in [0, 0.05) is 20.4 Å². The van der Waals surface area contributed by atoms with Crippen molar-refractivity contribution in [3.8, 4) is 0 Å². The minimum Gasteiger partial charge on any atom is -0.354 e. The number of halogens is 1. The summed E-state index contributed by atoms with van der Waals surface area (Å²) in [5, 5.41) is 4.14. The lowest BCUT2D eigenvalue weighted by Crippen LogP contribution is -2.32. The number of anilines is 2. The van der Waals surface area contributed by atoms with Gasteiger partial charge < -0.3 is 5.32 Å². The molecule has 0 fully saturated rings. The van der Waals surface area contributed by atoms with Gasteiger partial charge in [0.15, 0.2) is 5.78 Å². The molecule has 0 saturated carbocycles. The molecule has 1 aliphatic heterocycles. The molecule has 1 N–H and O–H groups in total. The van der Waals surface area contributed by atoms with Crippen molar-refractivity contribution in [2.24, 2.45) is 0 Å². The summed E-state index contributed by atoms with van der Waals surface area (Å²) < 4.78 is 0. The van der Waals surface area contributed by atoms with Gasteiger partial charge in [-0.15, -0.1) is 0 Å². The molecule has 2 aromatic carbocycles. The summed E-state index contributed by atoms with van der Waals surface area (Å²) in [5.41, 5.74) is 2.75. The molecule has 0 bridgehead atoms. The molecule has 0 amide bonds. The summed E-state index contributed by atoms with van der Waals surface area (Å²) in [6, 6.07) is 11.8. The van der Waals surface area contributed by atoms with E-state index in [1.807, 2.05) is 36.4 Å². The van der Waals surface area contributed by atoms with E-state index >= 15 is 0 Å². The zero-order valence-electron chi connectivity index (χ0n) is 16.1. The lowest BCUT2D eigenvalue weighted by molar-refractivity contribution is 0.0928. The monoisotopic (exact) mass is 402 g/mol. The maximum absolute atomic E-state index is 12.9. The molecule has 0 aliphatic carbocycles. The smallest absolute Gasteiger partial charge is 0.176 e. The van der Waals surface area contributed by atoms with E-state index in [9.17, 15) is 4.79 Å². The first-order chi connectivity index (χ1) is 13.1. The lowest BCUT2D eigenvalue weighted by Gasteiger charge is -2.23. The molecule has 0 unspecified atom stereocenters. The third-order valence-corrected chi connectivity index (χ3v) is 6.14. The molecule has 1 aliphatic rings. The highest BCUT2D eigenvalue weighted by Crippen LogP contribution is 2.45. The molecule has 144 valence electrons. The molecular weight excluding hydrogens is 376 g/mol. The first-order valence-electron chi connectivity index (χ1n) is 9.74. The van der Waals surface area contributed by atoms with Crippen molar-refractivity contribution in [3.05, 3.63) is 47.0 Å². The van der Waals surface area contributed by atoms with Crippen LogP contribution in [0, 0.1) is 0 Å². The van der Waals surface area contributed by atoms with E-state index in [1.54, 1.807) is 11.8 Å². The summed E-state index contributed by atoms with van der Waals surface area (Å²) in [4.78, 5) is 17.5. The summed E-state index contributed by atoms with van der Waals surface area (Å²) in [6.45, 7) is 6.86. The van der Waals surface area contributed by atoms with E-state index < -0.39 is 0 Å². The molecule has 0 aromatic heterocycles. The SMILES string of the molecule is CCCCN(CCCC)CC(=O)c1ccc2c(c1)Nc1cc(Cl)ccc1S2. The van der Waals surface area contributed by atoms with E-state index in [0.29, 0.717) is 11.6 Å². The van der Waals surface area contributed by atoms with Gasteiger partial charge >= 0.3 is 0 Å². The average Bonchev–Trinajstić information content (AvgIpc) is 2.67. The first-order valence-corrected chi connectivity index (χ1v) is 10.9. The summed E-state index contributed by atoms with van der Waals surface area (Å²) in [7, 11) is 0. The molecule has 2 aromatic rings. The van der Waals surface area contributed by atoms with Gasteiger partial charge in [-0.1, -0.05) is 56.1 Å². The normalized spacial score (nSPS) is 12.4. The van der Waals surface area contributed by atoms with E-state index in [0.717, 1.165) is 65.5 Å². The van der Waals surface area contributed by atoms with Crippen LogP contribution in [0.5, 0.6) is 0 Å². The minimum absolute atomic E-state index is 0.189. The highest BCUT2D eigenvalue weighted by molar-refractivity contribution is 7.99. The molecule has 0 spiro atoms. The van der Waals surface area contributed by atoms with Crippen molar-refractivity contribution in [2.75, 3.05) is 25.0 Å². The molecule has 0 radical (unpaired) electrons. The topological polar surface area (TPSA) is 32.3 Å². The van der Waals surface area contributed by atoms with Crippen LogP contribution in [0.2, 0.25) is 5.02 Å². The fourth-order valence-electron chi connectivity index (χ4n) is 3.17. The van der Waals surface area contributed by atoms with Crippen LogP contribution in [-0.4, -0.2) is 30.3 Å². The van der Waals surface area contributed by atoms with E-state index in [4.69, 9.17) is 11.6 Å². The Kier molecular flexibility index (Phi) is 7.22. The standard InChI is InChI=1S/C22H27ClN2OS/c1-3-5-11-25(12-6-4-2)15-20(26)16-7-9-21-18(13-16)24-19-14-17(23)8-10-22(19)27-21/h7-10,13-14,24H,3-6,11-12,15H2,1-2H3. The number of fused-ring (bicyclic) bond motifs is 2. The number of ketones is 1. The molecule has 0 saturated heterocycles. The van der Waals surface area contributed by atoms with Gasteiger partial charge in [0.25, 0.3) is 0 Å². The average molecular weight is 403 g/mol. The van der Waals surface area contributed by atoms with Gasteiger partial charge in [0.05, 0.1) is 17.9 Å². The molecular formula is C22H27ClN2OS. The third-order valence-electron chi connectivity index (χ3n) is 4.76. The predicted octanol–water partition coefficient (Wildman–Crippen LogP) is 6.63. The van der Waals surface area contributed by atoms with Crippen molar-refractivity contribution in [1.29, 1.82) is 0 Å². The molecule has 3 rings (SSSR count). The molecule has 3 nitrogen and oxygen atoms in total. The second-order valence-corrected chi connectivity index (χ2v) is 8.51. The van der Waals surface area contributed by atoms with Crippen molar-refractivity contribution < 1.29 is 4.79 Å². The van der Waals surface area contributed by atoms with Crippen molar-refractivity contribution in [1.82, 2.24) is 4.90 Å². The van der Waals surface area contributed by atoms with E-state index in [-0.39, 0.29) is 5.78 Å². The fraction of sp³-hybridized carbons (Fsp3) is 0.409. The number of hydrogen-bond acceptors (Lipinski definition) is 4. The van der Waals surface area contributed by atoms with Gasteiger partial charge in [-0.3, -0.25) is 9.69 Å². The lowest BCUT2D eigenvalue weighted by atomic mass is 10.1. The Hall–Kier alpha value is -1.49. The maximum Gasteiger partial charge on any atom is 0.176 e. The summed E-state index contributed by atoms with van der Waals surface area (Å²) in [5.74, 6) is 0.189. The van der Waals surface area contributed by atoms with Gasteiger partial charge in [-0.25, -0.2) is 0 Å². The number of benzene rings is 2. The van der Waals surface area contributed by atoms with Crippen LogP contribution in [0.4, 0.5) is 11.4 Å². The van der Waals surface area contributed by atoms with Crippen LogP contribution in [0.15, 0.2) is 46.2 Å². The third kappa shape index (κ3) is 5.28. The van der Waals surface area contributed by atoms with Crippen molar-refractivity contribution >= 4 is 40.5 Å². The highest BCUT2D eigenvalue weighted by Gasteiger charge is 2.19. The summed E-state index contributed by atoms with van der Waals surface area (Å²) in [6.07, 6.45) is 4.57. The molecule has 27 heavy (non-hydrogen) atoms. The van der Waals surface area contributed by atoms with Crippen LogP contribution < -0.4 is 5.32 Å². The number of unbranched alkanes of at least 4 members (excludes halogenated alkanes) is 2. The Morgan fingerprint density at radius 2 is 1.63 bits per heavy atom. The zero-order valence-corrected chi connectivity index (χ0v) is 17.6. The number of nitrogens with zero attached hydrogens (tertiary/aromatic N) is 1. The zero-order chi connectivity index (χ0) is 19.2. The number of rotatable bonds is 9. The minimum atomic E-state index is 0.189. The summed E-state index contributed by atoms with van der Waals surface area (Å²) >= 11 is 7.82. The number of Topliss-reactive ketones (excluding diaryl/α,β-unsaturated/α-hetero) is 1. The number of carbonyl (C=O) groups is 1. The van der Waals surface area contributed by atoms with Gasteiger partial charge in [-0.05, 0) is 56.3 Å². The Balaban J connectivity index is 1.72. The molecule has 1 heterocycles. The Morgan fingerprint density at radius 1 is 1.00 bits per heavy atom. The Morgan fingerprint density at radius 3 is 2.30 bits per heavy atom. The van der Waals surface area contributed by atoms with E-state index in [1.165, 1.54) is 0 Å². The molecule has 5 heteroatoms. The maximum atomic E-state index is 12.9. The van der Waals surface area contributed by atoms with Gasteiger partial charge in [-0.2, -0.15) is 0 Å². The van der Waals surface area contributed by atoms with Crippen molar-refractivity contribution in [3.63, 3.8) is 0 Å². The molecule has 0 atom stereocenters. The van der Waals surface area contributed by atoms with Crippen LogP contribution in [0.1, 0.15) is 49.9 Å². The first kappa shape index (κ1) is 20.2. The second kappa shape index (κ2) is 9.63. The largest absolute Gasteiger partial charge is 0.354 e. The Labute approximate surface area is 171 Å². The second-order valence-electron chi connectivity index (χ2n) is 6.98. The van der Waals surface area contributed by atoms with Gasteiger partial charge in [0.2, 0.25) is 0 Å². The highest BCUT2D eigenvalue weighted by atomic mass is 35.5. The van der Waals surface area contributed by atoms with E-state index in [2.05, 4.69) is 24.1 Å². The number of carbonyl (C=O) groups excluding carboxylic acids is 1. The van der Waals surface area contributed by atoms with Crippen LogP contribution in [-0.2, 0) is 0 Å². The predicted molar refractivity (Wildman–Crippen MR) is 116 cm³/mol. The Bertz CT molecular complexity index is 801. The van der Waals surface area contributed by atoms with Crippen LogP contribution in [0.25, 0.3) is 0 Å². The number of nitrogens with one attached hydrogen (secondary N) is 1. The van der Waals surface area contributed by atoms with Crippen molar-refractivity contribution in [2.45, 2.75) is 49.3 Å².